The zero-order chi connectivity index (χ0) is 24.9. The number of rotatable bonds is 3. The van der Waals surface area contributed by atoms with Crippen LogP contribution in [0.3, 0.4) is 0 Å². The van der Waals surface area contributed by atoms with Crippen molar-refractivity contribution in [3.63, 3.8) is 0 Å². The summed E-state index contributed by atoms with van der Waals surface area (Å²) in [7, 11) is 0. The van der Waals surface area contributed by atoms with E-state index in [1.165, 1.54) is 30.9 Å². The number of fused-ring (bicyclic) bond motifs is 1. The van der Waals surface area contributed by atoms with E-state index in [0.29, 0.717) is 13.2 Å². The van der Waals surface area contributed by atoms with Crippen LogP contribution < -0.4 is 5.56 Å². The van der Waals surface area contributed by atoms with Crippen LogP contribution in [0.25, 0.3) is 28.2 Å². The Hall–Kier alpha value is -4.00. The van der Waals surface area contributed by atoms with Gasteiger partial charge in [-0.05, 0) is 12.5 Å². The van der Waals surface area contributed by atoms with Crippen LogP contribution in [-0.4, -0.2) is 55.4 Å². The molecule has 1 aliphatic heterocycles. The summed E-state index contributed by atoms with van der Waals surface area (Å²) in [4.78, 5) is 31.1. The van der Waals surface area contributed by atoms with Crippen LogP contribution in [0.15, 0.2) is 39.5 Å². The Balaban J connectivity index is 1.66. The minimum Gasteiger partial charge on any atom is -0.418 e. The number of morpholine rings is 1. The van der Waals surface area contributed by atoms with E-state index >= 15 is 0 Å². The first-order chi connectivity index (χ1) is 16.7. The number of H-pyrrole nitrogens is 1. The van der Waals surface area contributed by atoms with Crippen molar-refractivity contribution in [3.05, 3.63) is 58.0 Å². The molecule has 0 bridgehead atoms. The number of aromatic nitrogens is 5. The second kappa shape index (κ2) is 8.34. The van der Waals surface area contributed by atoms with Gasteiger partial charge in [-0.2, -0.15) is 17.7 Å². The molecule has 0 saturated carbocycles. The molecule has 0 spiro atoms. The number of carbonyl (C=O) groups is 1. The van der Waals surface area contributed by atoms with Gasteiger partial charge in [-0.1, -0.05) is 30.3 Å². The zero-order valence-electron chi connectivity index (χ0n) is 18.6. The molecule has 4 heterocycles. The minimum atomic E-state index is -4.77. The van der Waals surface area contributed by atoms with E-state index in [-0.39, 0.29) is 52.3 Å². The summed E-state index contributed by atoms with van der Waals surface area (Å²) in [6.07, 6.45) is -4.77. The number of amides is 1. The van der Waals surface area contributed by atoms with Gasteiger partial charge >= 0.3 is 6.18 Å². The summed E-state index contributed by atoms with van der Waals surface area (Å²) < 4.78 is 53.5. The summed E-state index contributed by atoms with van der Waals surface area (Å²) in [5.74, 6) is -0.383. The van der Waals surface area contributed by atoms with E-state index < -0.39 is 23.5 Å². The SMILES string of the molecule is CC(=O)N1CCOCC1c1nnc(-c2c(C)nc3c(-c4ccccc4)c(C(F)(F)F)[nH]n3c2=O)o1. The minimum absolute atomic E-state index is 0.0474. The summed E-state index contributed by atoms with van der Waals surface area (Å²) in [5.41, 5.74) is -2.16. The van der Waals surface area contributed by atoms with Crippen molar-refractivity contribution in [1.82, 2.24) is 29.7 Å². The summed E-state index contributed by atoms with van der Waals surface area (Å²) in [5, 5.41) is 10.0. The topological polar surface area (TPSA) is 119 Å². The number of aromatic amines is 1. The standard InChI is InChI=1S/C22H19F3N6O4/c1-11-15(20-28-27-19(35-20)14-10-34-9-8-30(14)12(2)32)21(33)31-18(26-11)16(13-6-4-3-5-7-13)17(29-31)22(23,24)25/h3-7,14,29H,8-10H2,1-2H3. The molecule has 13 heteroatoms. The molecule has 35 heavy (non-hydrogen) atoms. The number of nitrogens with one attached hydrogen (secondary N) is 1. The zero-order valence-corrected chi connectivity index (χ0v) is 18.6. The van der Waals surface area contributed by atoms with Crippen LogP contribution in [0.1, 0.15) is 30.2 Å². The van der Waals surface area contributed by atoms with Gasteiger partial charge in [-0.25, -0.2) is 4.98 Å². The number of aryl methyl sites for hydroxylation is 1. The number of carbonyl (C=O) groups excluding carboxylic acids is 1. The average molecular weight is 488 g/mol. The molecule has 1 atom stereocenters. The van der Waals surface area contributed by atoms with E-state index in [1.54, 1.807) is 18.2 Å². The molecule has 4 aromatic rings. The quantitative estimate of drug-likeness (QED) is 0.471. The first-order valence-electron chi connectivity index (χ1n) is 10.6. The van der Waals surface area contributed by atoms with Crippen molar-refractivity contribution in [3.8, 4) is 22.6 Å². The molecule has 1 fully saturated rings. The van der Waals surface area contributed by atoms with E-state index in [4.69, 9.17) is 9.15 Å². The van der Waals surface area contributed by atoms with Crippen LogP contribution in [0.4, 0.5) is 13.2 Å². The Bertz CT molecular complexity index is 1470. The third-order valence-electron chi connectivity index (χ3n) is 5.78. The van der Waals surface area contributed by atoms with Crippen molar-refractivity contribution in [2.24, 2.45) is 0 Å². The number of halogens is 3. The lowest BCUT2D eigenvalue weighted by Gasteiger charge is -2.32. The van der Waals surface area contributed by atoms with Crippen LogP contribution in [0, 0.1) is 6.92 Å². The fourth-order valence-electron chi connectivity index (χ4n) is 4.16. The van der Waals surface area contributed by atoms with E-state index in [1.807, 2.05) is 0 Å². The molecule has 3 aromatic heterocycles. The van der Waals surface area contributed by atoms with Crippen molar-refractivity contribution >= 4 is 11.6 Å². The highest BCUT2D eigenvalue weighted by molar-refractivity contribution is 5.81. The van der Waals surface area contributed by atoms with E-state index in [0.717, 1.165) is 4.52 Å². The molecule has 182 valence electrons. The van der Waals surface area contributed by atoms with E-state index in [9.17, 15) is 22.8 Å². The molecule has 0 aliphatic carbocycles. The summed E-state index contributed by atoms with van der Waals surface area (Å²) in [6, 6.07) is 7.23. The molecule has 10 nitrogen and oxygen atoms in total. The lowest BCUT2D eigenvalue weighted by molar-refractivity contribution is -0.141. The van der Waals surface area contributed by atoms with Crippen molar-refractivity contribution in [2.45, 2.75) is 26.1 Å². The average Bonchev–Trinajstić information content (AvgIpc) is 3.45. The van der Waals surface area contributed by atoms with E-state index in [2.05, 4.69) is 20.3 Å². The predicted molar refractivity (Wildman–Crippen MR) is 115 cm³/mol. The monoisotopic (exact) mass is 488 g/mol. The third kappa shape index (κ3) is 3.87. The summed E-state index contributed by atoms with van der Waals surface area (Å²) in [6.45, 7) is 3.69. The Kier molecular flexibility index (Phi) is 5.43. The first kappa shape index (κ1) is 22.8. The van der Waals surface area contributed by atoms with Crippen LogP contribution in [-0.2, 0) is 15.7 Å². The summed E-state index contributed by atoms with van der Waals surface area (Å²) >= 11 is 0. The van der Waals surface area contributed by atoms with Gasteiger partial charge in [0.2, 0.25) is 11.8 Å². The molecular formula is C22H19F3N6O4. The van der Waals surface area contributed by atoms with Gasteiger partial charge in [-0.15, -0.1) is 10.2 Å². The number of nitrogens with zero attached hydrogens (tertiary/aromatic N) is 5. The van der Waals surface area contributed by atoms with Crippen LogP contribution in [0.5, 0.6) is 0 Å². The number of alkyl halides is 3. The van der Waals surface area contributed by atoms with Crippen LogP contribution >= 0.6 is 0 Å². The molecule has 0 radical (unpaired) electrons. The number of ether oxygens (including phenoxy) is 1. The number of benzene rings is 1. The van der Waals surface area contributed by atoms with Gasteiger partial charge in [-0.3, -0.25) is 14.7 Å². The second-order valence-electron chi connectivity index (χ2n) is 8.01. The smallest absolute Gasteiger partial charge is 0.418 e. The predicted octanol–water partition coefficient (Wildman–Crippen LogP) is 2.99. The fraction of sp³-hybridized carbons (Fsp3) is 0.318. The number of hydrogen-bond donors (Lipinski definition) is 1. The van der Waals surface area contributed by atoms with Crippen molar-refractivity contribution in [2.75, 3.05) is 19.8 Å². The largest absolute Gasteiger partial charge is 0.433 e. The molecule has 5 rings (SSSR count). The molecular weight excluding hydrogens is 469 g/mol. The molecule has 1 aliphatic rings. The maximum Gasteiger partial charge on any atom is 0.433 e. The third-order valence-corrected chi connectivity index (χ3v) is 5.78. The fourth-order valence-corrected chi connectivity index (χ4v) is 4.16. The van der Waals surface area contributed by atoms with Gasteiger partial charge < -0.3 is 14.1 Å². The second-order valence-corrected chi connectivity index (χ2v) is 8.01. The van der Waals surface area contributed by atoms with Gasteiger partial charge in [0.25, 0.3) is 11.4 Å². The first-order valence-corrected chi connectivity index (χ1v) is 10.6. The lowest BCUT2D eigenvalue weighted by atomic mass is 10.1. The Labute approximate surface area is 195 Å². The molecule has 1 N–H and O–H groups in total. The molecule has 1 aromatic carbocycles. The van der Waals surface area contributed by atoms with Crippen LogP contribution in [0.2, 0.25) is 0 Å². The van der Waals surface area contributed by atoms with Crippen molar-refractivity contribution in [1.29, 1.82) is 0 Å². The molecule has 1 amide bonds. The highest BCUT2D eigenvalue weighted by atomic mass is 19.4. The Morgan fingerprint density at radius 1 is 1.17 bits per heavy atom. The maximum absolute atomic E-state index is 13.9. The Morgan fingerprint density at radius 3 is 2.60 bits per heavy atom. The lowest BCUT2D eigenvalue weighted by Crippen LogP contribution is -2.42. The Morgan fingerprint density at radius 2 is 1.91 bits per heavy atom. The van der Waals surface area contributed by atoms with Gasteiger partial charge in [0, 0.05) is 13.5 Å². The van der Waals surface area contributed by atoms with Gasteiger partial charge in [0.05, 0.1) is 24.5 Å². The number of hydrogen-bond acceptors (Lipinski definition) is 7. The maximum atomic E-state index is 13.9. The highest BCUT2D eigenvalue weighted by Crippen LogP contribution is 2.38. The molecule has 1 saturated heterocycles. The highest BCUT2D eigenvalue weighted by Gasteiger charge is 2.39. The van der Waals surface area contributed by atoms with Gasteiger partial charge in [0.15, 0.2) is 5.65 Å². The van der Waals surface area contributed by atoms with Crippen molar-refractivity contribution < 1.29 is 27.1 Å². The normalized spacial score (nSPS) is 16.7. The molecule has 1 unspecified atom stereocenters. The van der Waals surface area contributed by atoms with Gasteiger partial charge in [0.1, 0.15) is 17.3 Å².